The number of unbranched alkanes of at least 4 members (excludes halogenated alkanes) is 1. The van der Waals surface area contributed by atoms with E-state index in [0.29, 0.717) is 0 Å². The second kappa shape index (κ2) is 6.21. The SMILES string of the molecule is CCCCP(F)(F)(C=C(C)C)C(F)(F)C(F)(F)C(F)(F)CF. The van der Waals surface area contributed by atoms with Gasteiger partial charge in [0.05, 0.1) is 0 Å². The van der Waals surface area contributed by atoms with Crippen LogP contribution in [-0.2, 0) is 0 Å². The number of hydrogen-bond donors (Lipinski definition) is 0. The summed E-state index contributed by atoms with van der Waals surface area (Å²) in [5, 5.41) is 0. The van der Waals surface area contributed by atoms with E-state index in [-0.39, 0.29) is 12.2 Å². The Morgan fingerprint density at radius 1 is 1.00 bits per heavy atom. The Labute approximate surface area is 122 Å². The summed E-state index contributed by atoms with van der Waals surface area (Å²) in [6.07, 6.45) is -2.22. The molecule has 0 fully saturated rings. The first kappa shape index (κ1) is 21.5. The van der Waals surface area contributed by atoms with Crippen molar-refractivity contribution in [3.05, 3.63) is 11.4 Å². The molecule has 0 amide bonds. The van der Waals surface area contributed by atoms with Crippen molar-refractivity contribution < 1.29 is 39.1 Å². The van der Waals surface area contributed by atoms with E-state index in [2.05, 4.69) is 0 Å². The van der Waals surface area contributed by atoms with E-state index in [9.17, 15) is 39.1 Å². The molecular formula is C12H18F9P. The minimum absolute atomic E-state index is 0.0243. The van der Waals surface area contributed by atoms with Gasteiger partial charge in [-0.15, -0.1) is 0 Å². The molecule has 0 saturated carbocycles. The molecule has 0 nitrogen and oxygen atoms in total. The summed E-state index contributed by atoms with van der Waals surface area (Å²) in [5.74, 6) is -12.7. The number of hydrogen-bond acceptors (Lipinski definition) is 0. The number of rotatable bonds is 8. The van der Waals surface area contributed by atoms with Crippen molar-refractivity contribution in [2.45, 2.75) is 51.1 Å². The molecule has 0 saturated heterocycles. The van der Waals surface area contributed by atoms with Crippen molar-refractivity contribution >= 4 is 7.22 Å². The molecule has 0 unspecified atom stereocenters. The molecule has 0 aromatic heterocycles. The molecule has 0 radical (unpaired) electrons. The molecule has 0 N–H and O–H groups in total. The van der Waals surface area contributed by atoms with Gasteiger partial charge in [0.1, 0.15) is 0 Å². The molecule has 0 aliphatic heterocycles. The van der Waals surface area contributed by atoms with Crippen LogP contribution < -0.4 is 0 Å². The molecule has 0 atom stereocenters. The third-order valence-corrected chi connectivity index (χ3v) is 6.60. The van der Waals surface area contributed by atoms with E-state index in [1.807, 2.05) is 0 Å². The summed E-state index contributed by atoms with van der Waals surface area (Å²) < 4.78 is 121. The van der Waals surface area contributed by atoms with Crippen LogP contribution in [-0.4, -0.2) is 30.3 Å². The molecule has 0 bridgehead atoms. The number of alkyl halides is 7. The zero-order valence-corrected chi connectivity index (χ0v) is 13.1. The molecule has 0 spiro atoms. The van der Waals surface area contributed by atoms with Crippen LogP contribution in [0.4, 0.5) is 39.1 Å². The Hall–Kier alpha value is -0.460. The molecule has 0 rings (SSSR count). The second-order valence-corrected chi connectivity index (χ2v) is 8.92. The minimum atomic E-state index is -7.71. The molecule has 0 aliphatic rings. The van der Waals surface area contributed by atoms with Crippen molar-refractivity contribution in [1.29, 1.82) is 0 Å². The predicted octanol–water partition coefficient (Wildman–Crippen LogP) is 6.87. The van der Waals surface area contributed by atoms with Gasteiger partial charge in [-0.1, -0.05) is 0 Å². The van der Waals surface area contributed by atoms with E-state index in [1.165, 1.54) is 6.92 Å². The molecule has 10 heteroatoms. The first-order chi connectivity index (χ1) is 9.58. The zero-order valence-electron chi connectivity index (χ0n) is 12.3. The Kier molecular flexibility index (Phi) is 6.08. The van der Waals surface area contributed by atoms with Gasteiger partial charge in [0.15, 0.2) is 0 Å². The van der Waals surface area contributed by atoms with Crippen molar-refractivity contribution in [2.24, 2.45) is 0 Å². The standard InChI is InChI=1S/C12H18F9P/c1-4-5-6-22(20,21,7-9(2)3)12(18,19)11(16,17)10(14,15)8-13/h7H,4-6,8H2,1-3H3. The molecule has 0 aromatic carbocycles. The van der Waals surface area contributed by atoms with Crippen LogP contribution in [0, 0.1) is 0 Å². The average molecular weight is 364 g/mol. The zero-order chi connectivity index (χ0) is 18.1. The second-order valence-electron chi connectivity index (χ2n) is 5.37. The Bertz CT molecular complexity index is 424. The van der Waals surface area contributed by atoms with Gasteiger partial charge in [-0.05, 0) is 0 Å². The van der Waals surface area contributed by atoms with Crippen molar-refractivity contribution in [3.8, 4) is 0 Å². The monoisotopic (exact) mass is 364 g/mol. The fourth-order valence-corrected chi connectivity index (χ4v) is 5.05. The third kappa shape index (κ3) is 3.39. The summed E-state index contributed by atoms with van der Waals surface area (Å²) >= 11 is 0. The molecule has 0 aliphatic carbocycles. The molecule has 134 valence electrons. The van der Waals surface area contributed by atoms with E-state index in [1.54, 1.807) is 0 Å². The van der Waals surface area contributed by atoms with Crippen LogP contribution in [0.5, 0.6) is 0 Å². The van der Waals surface area contributed by atoms with E-state index in [0.717, 1.165) is 13.8 Å². The maximum atomic E-state index is 14.6. The van der Waals surface area contributed by atoms with Gasteiger partial charge >= 0.3 is 122 Å². The van der Waals surface area contributed by atoms with Gasteiger partial charge in [0.25, 0.3) is 0 Å². The van der Waals surface area contributed by atoms with E-state index in [4.69, 9.17) is 0 Å². The van der Waals surface area contributed by atoms with Gasteiger partial charge in [-0.25, -0.2) is 0 Å². The average Bonchev–Trinajstić information content (AvgIpc) is 2.34. The van der Waals surface area contributed by atoms with Crippen LogP contribution in [0.1, 0.15) is 33.6 Å². The Morgan fingerprint density at radius 2 is 1.45 bits per heavy atom. The van der Waals surface area contributed by atoms with Crippen molar-refractivity contribution in [2.75, 3.05) is 12.8 Å². The summed E-state index contributed by atoms with van der Waals surface area (Å²) in [7, 11) is -7.71. The number of halogens is 9. The van der Waals surface area contributed by atoms with Crippen LogP contribution in [0.25, 0.3) is 0 Å². The summed E-state index contributed by atoms with van der Waals surface area (Å²) in [6.45, 7) is 0.124. The van der Waals surface area contributed by atoms with Crippen LogP contribution in [0.15, 0.2) is 11.4 Å². The van der Waals surface area contributed by atoms with E-state index < -0.39 is 49.6 Å². The van der Waals surface area contributed by atoms with Crippen LogP contribution in [0.3, 0.4) is 0 Å². The summed E-state index contributed by atoms with van der Waals surface area (Å²) in [5.41, 5.74) is -6.75. The van der Waals surface area contributed by atoms with E-state index >= 15 is 0 Å². The van der Waals surface area contributed by atoms with Gasteiger partial charge < -0.3 is 0 Å². The Morgan fingerprint density at radius 3 is 1.77 bits per heavy atom. The third-order valence-electron chi connectivity index (χ3n) is 3.01. The first-order valence-electron chi connectivity index (χ1n) is 6.39. The van der Waals surface area contributed by atoms with Crippen LogP contribution >= 0.6 is 7.22 Å². The molecule has 22 heavy (non-hydrogen) atoms. The van der Waals surface area contributed by atoms with Gasteiger partial charge in [-0.2, -0.15) is 0 Å². The van der Waals surface area contributed by atoms with Gasteiger partial charge in [-0.3, -0.25) is 0 Å². The van der Waals surface area contributed by atoms with Gasteiger partial charge in [0, 0.05) is 0 Å². The maximum absolute atomic E-state index is 14.6. The van der Waals surface area contributed by atoms with Crippen LogP contribution in [0.2, 0.25) is 0 Å². The van der Waals surface area contributed by atoms with Crippen molar-refractivity contribution in [3.63, 3.8) is 0 Å². The van der Waals surface area contributed by atoms with Gasteiger partial charge in [0.2, 0.25) is 0 Å². The quantitative estimate of drug-likeness (QED) is 0.326. The predicted molar refractivity (Wildman–Crippen MR) is 69.2 cm³/mol. The molecule has 0 heterocycles. The first-order valence-corrected chi connectivity index (χ1v) is 8.66. The normalized spacial score (nSPS) is 16.1. The van der Waals surface area contributed by atoms with Crippen molar-refractivity contribution in [1.82, 2.24) is 0 Å². The summed E-state index contributed by atoms with van der Waals surface area (Å²) in [4.78, 5) is 0. The summed E-state index contributed by atoms with van der Waals surface area (Å²) in [6, 6.07) is 0. The Balaban J connectivity index is 6.31. The number of allylic oxidation sites excluding steroid dienone is 1. The fraction of sp³-hybridized carbons (Fsp3) is 0.833. The molecular weight excluding hydrogens is 346 g/mol. The topological polar surface area (TPSA) is 0 Å². The molecule has 0 aromatic rings. The fourth-order valence-electron chi connectivity index (χ4n) is 1.83.